The zero-order valence-corrected chi connectivity index (χ0v) is 12.6. The molecule has 0 amide bonds. The molecule has 1 rings (SSSR count). The van der Waals surface area contributed by atoms with E-state index in [4.69, 9.17) is 14.7 Å². The van der Waals surface area contributed by atoms with Gasteiger partial charge in [-0.2, -0.15) is 5.26 Å². The van der Waals surface area contributed by atoms with Crippen molar-refractivity contribution in [3.63, 3.8) is 0 Å². The first-order valence-corrected chi connectivity index (χ1v) is 7.07. The molecular formula is C16H24N2O2. The first-order valence-electron chi connectivity index (χ1n) is 7.07. The number of ether oxygens (including phenoxy) is 2. The van der Waals surface area contributed by atoms with E-state index in [0.29, 0.717) is 12.0 Å². The Morgan fingerprint density at radius 2 is 1.95 bits per heavy atom. The van der Waals surface area contributed by atoms with E-state index < -0.39 is 0 Å². The lowest BCUT2D eigenvalue weighted by Gasteiger charge is -2.22. The van der Waals surface area contributed by atoms with Crippen LogP contribution in [0.1, 0.15) is 26.3 Å². The van der Waals surface area contributed by atoms with Crippen molar-refractivity contribution < 1.29 is 9.47 Å². The smallest absolute Gasteiger partial charge is 0.174 e. The minimum Gasteiger partial charge on any atom is -0.479 e. The van der Waals surface area contributed by atoms with Gasteiger partial charge in [0, 0.05) is 19.2 Å². The van der Waals surface area contributed by atoms with Gasteiger partial charge in [0.25, 0.3) is 0 Å². The summed E-state index contributed by atoms with van der Waals surface area (Å²) >= 11 is 0. The molecule has 20 heavy (non-hydrogen) atoms. The largest absolute Gasteiger partial charge is 0.479 e. The van der Waals surface area contributed by atoms with E-state index in [1.807, 2.05) is 37.3 Å². The maximum atomic E-state index is 8.45. The summed E-state index contributed by atoms with van der Waals surface area (Å²) < 4.78 is 10.7. The lowest BCUT2D eigenvalue weighted by Crippen LogP contribution is -2.37. The number of rotatable bonds is 9. The Balaban J connectivity index is 2.45. The molecule has 0 fully saturated rings. The summed E-state index contributed by atoms with van der Waals surface area (Å²) in [6.07, 6.45) is 0. The average molecular weight is 276 g/mol. The van der Waals surface area contributed by atoms with Crippen molar-refractivity contribution >= 4 is 0 Å². The van der Waals surface area contributed by atoms with E-state index in [9.17, 15) is 0 Å². The third kappa shape index (κ3) is 6.05. The fourth-order valence-corrected chi connectivity index (χ4v) is 1.80. The van der Waals surface area contributed by atoms with Gasteiger partial charge in [-0.3, -0.25) is 0 Å². The Labute approximate surface area is 121 Å². The van der Waals surface area contributed by atoms with Gasteiger partial charge in [-0.25, -0.2) is 0 Å². The molecule has 0 aliphatic carbocycles. The van der Waals surface area contributed by atoms with E-state index in [1.165, 1.54) is 5.56 Å². The molecule has 0 aliphatic rings. The minimum absolute atomic E-state index is 0.0847. The Hall–Kier alpha value is -1.57. The fraction of sp³-hybridized carbons (Fsp3) is 0.562. The monoisotopic (exact) mass is 276 g/mol. The lowest BCUT2D eigenvalue weighted by atomic mass is 10.0. The third-order valence-corrected chi connectivity index (χ3v) is 3.10. The van der Waals surface area contributed by atoms with E-state index in [-0.39, 0.29) is 6.61 Å². The van der Waals surface area contributed by atoms with E-state index >= 15 is 0 Å². The van der Waals surface area contributed by atoms with Crippen molar-refractivity contribution in [1.82, 2.24) is 5.32 Å². The van der Waals surface area contributed by atoms with Crippen LogP contribution in [0.5, 0.6) is 5.75 Å². The van der Waals surface area contributed by atoms with Gasteiger partial charge in [-0.1, -0.05) is 26.0 Å². The Kier molecular flexibility index (Phi) is 7.71. The summed E-state index contributed by atoms with van der Waals surface area (Å²) in [5.74, 6) is 1.25. The summed E-state index contributed by atoms with van der Waals surface area (Å²) in [6, 6.07) is 10.1. The van der Waals surface area contributed by atoms with Gasteiger partial charge in [0.1, 0.15) is 11.8 Å². The summed E-state index contributed by atoms with van der Waals surface area (Å²) in [5.41, 5.74) is 1.19. The van der Waals surface area contributed by atoms with Crippen molar-refractivity contribution in [1.29, 1.82) is 5.26 Å². The maximum absolute atomic E-state index is 8.45. The van der Waals surface area contributed by atoms with Crippen LogP contribution < -0.4 is 10.1 Å². The fourth-order valence-electron chi connectivity index (χ4n) is 1.80. The summed E-state index contributed by atoms with van der Waals surface area (Å²) in [4.78, 5) is 0. The number of benzene rings is 1. The first kappa shape index (κ1) is 16.5. The van der Waals surface area contributed by atoms with Gasteiger partial charge in [0.05, 0.1) is 6.61 Å². The normalized spacial score (nSPS) is 12.2. The highest BCUT2D eigenvalue weighted by molar-refractivity contribution is 5.27. The van der Waals surface area contributed by atoms with Crippen LogP contribution in [0.25, 0.3) is 0 Å². The van der Waals surface area contributed by atoms with E-state index in [1.54, 1.807) is 0 Å². The lowest BCUT2D eigenvalue weighted by molar-refractivity contribution is 0.108. The molecule has 0 bridgehead atoms. The topological polar surface area (TPSA) is 54.3 Å². The second-order valence-corrected chi connectivity index (χ2v) is 4.98. The molecule has 0 aromatic heterocycles. The molecule has 1 aromatic rings. The molecular weight excluding hydrogens is 252 g/mol. The predicted molar refractivity (Wildman–Crippen MR) is 79.5 cm³/mol. The molecule has 1 N–H and O–H groups in total. The van der Waals surface area contributed by atoms with Crippen LogP contribution in [0.15, 0.2) is 24.3 Å². The molecule has 1 unspecified atom stereocenters. The number of hydrogen-bond acceptors (Lipinski definition) is 4. The SMILES string of the molecule is CCOCC(NCc1ccc(OCC#N)cc1)C(C)C. The number of nitriles is 1. The van der Waals surface area contributed by atoms with Crippen molar-refractivity contribution in [3.8, 4) is 11.8 Å². The van der Waals surface area contributed by atoms with Crippen LogP contribution in [-0.4, -0.2) is 25.9 Å². The van der Waals surface area contributed by atoms with Crippen LogP contribution in [0.4, 0.5) is 0 Å². The molecule has 1 aromatic carbocycles. The first-order chi connectivity index (χ1) is 9.67. The highest BCUT2D eigenvalue weighted by Crippen LogP contribution is 2.12. The number of hydrogen-bond donors (Lipinski definition) is 1. The van der Waals surface area contributed by atoms with Crippen molar-refractivity contribution in [2.75, 3.05) is 19.8 Å². The Bertz CT molecular complexity index is 409. The number of nitrogens with zero attached hydrogens (tertiary/aromatic N) is 1. The molecule has 0 spiro atoms. The molecule has 0 aliphatic heterocycles. The Morgan fingerprint density at radius 3 is 2.50 bits per heavy atom. The van der Waals surface area contributed by atoms with Crippen molar-refractivity contribution in [2.45, 2.75) is 33.4 Å². The van der Waals surface area contributed by atoms with Crippen LogP contribution in [0.2, 0.25) is 0 Å². The van der Waals surface area contributed by atoms with E-state index in [0.717, 1.165) is 25.5 Å². The quantitative estimate of drug-likeness (QED) is 0.753. The molecule has 4 heteroatoms. The van der Waals surface area contributed by atoms with Crippen LogP contribution >= 0.6 is 0 Å². The van der Waals surface area contributed by atoms with Gasteiger partial charge in [0.15, 0.2) is 6.61 Å². The van der Waals surface area contributed by atoms with Crippen molar-refractivity contribution in [2.24, 2.45) is 5.92 Å². The zero-order valence-electron chi connectivity index (χ0n) is 12.6. The summed E-state index contributed by atoms with van der Waals surface area (Å²) in [6.45, 7) is 8.76. The molecule has 0 heterocycles. The second kappa shape index (κ2) is 9.35. The van der Waals surface area contributed by atoms with Gasteiger partial charge in [0.2, 0.25) is 0 Å². The predicted octanol–water partition coefficient (Wildman–Crippen LogP) is 2.74. The minimum atomic E-state index is 0.0847. The molecule has 1 atom stereocenters. The van der Waals surface area contributed by atoms with Gasteiger partial charge < -0.3 is 14.8 Å². The number of nitrogens with one attached hydrogen (secondary N) is 1. The van der Waals surface area contributed by atoms with Gasteiger partial charge >= 0.3 is 0 Å². The van der Waals surface area contributed by atoms with Crippen LogP contribution in [0.3, 0.4) is 0 Å². The molecule has 0 radical (unpaired) electrons. The van der Waals surface area contributed by atoms with Crippen LogP contribution in [0, 0.1) is 17.2 Å². The maximum Gasteiger partial charge on any atom is 0.174 e. The highest BCUT2D eigenvalue weighted by Gasteiger charge is 2.12. The van der Waals surface area contributed by atoms with Crippen LogP contribution in [-0.2, 0) is 11.3 Å². The third-order valence-electron chi connectivity index (χ3n) is 3.10. The molecule has 110 valence electrons. The highest BCUT2D eigenvalue weighted by atomic mass is 16.5. The standard InChI is InChI=1S/C16H24N2O2/c1-4-19-12-16(13(2)3)18-11-14-5-7-15(8-6-14)20-10-9-17/h5-8,13,16,18H,4,10-12H2,1-3H3. The molecule has 0 saturated carbocycles. The summed E-state index contributed by atoms with van der Waals surface area (Å²) in [5, 5.41) is 12.0. The molecule has 4 nitrogen and oxygen atoms in total. The van der Waals surface area contributed by atoms with Gasteiger partial charge in [-0.05, 0) is 30.5 Å². The second-order valence-electron chi connectivity index (χ2n) is 4.98. The summed E-state index contributed by atoms with van der Waals surface area (Å²) in [7, 11) is 0. The average Bonchev–Trinajstić information content (AvgIpc) is 2.46. The molecule has 0 saturated heterocycles. The Morgan fingerprint density at radius 1 is 1.25 bits per heavy atom. The van der Waals surface area contributed by atoms with Crippen molar-refractivity contribution in [3.05, 3.63) is 29.8 Å². The van der Waals surface area contributed by atoms with Gasteiger partial charge in [-0.15, -0.1) is 0 Å². The zero-order chi connectivity index (χ0) is 14.8. The van der Waals surface area contributed by atoms with E-state index in [2.05, 4.69) is 19.2 Å².